The largest absolute Gasteiger partial charge is 0.317 e. The monoisotopic (exact) mass is 653 g/mol. The Morgan fingerprint density at radius 1 is 0.392 bits per heavy atom. The Labute approximate surface area is 294 Å². The van der Waals surface area contributed by atoms with Gasteiger partial charge in [-0.05, 0) is 90.0 Å². The average molecular weight is 654 g/mol. The second-order valence-corrected chi connectivity index (χ2v) is 13.1. The van der Waals surface area contributed by atoms with Gasteiger partial charge in [-0.15, -0.1) is 0 Å². The highest BCUT2D eigenvalue weighted by Crippen LogP contribution is 2.37. The summed E-state index contributed by atoms with van der Waals surface area (Å²) in [5.74, 6) is 1.95. The molecular formula is C46H31N5. The molecule has 0 N–H and O–H groups in total. The predicted octanol–water partition coefficient (Wildman–Crippen LogP) is 11.4. The number of aromatic nitrogens is 5. The Morgan fingerprint density at radius 2 is 0.980 bits per heavy atom. The number of benzene rings is 7. The summed E-state index contributed by atoms with van der Waals surface area (Å²) in [6, 6.07) is 57.7. The minimum absolute atomic E-state index is 0.645. The maximum Gasteiger partial charge on any atom is 0.164 e. The lowest BCUT2D eigenvalue weighted by atomic mass is 10.0. The molecule has 0 radical (unpaired) electrons. The summed E-state index contributed by atoms with van der Waals surface area (Å²) >= 11 is 0. The highest BCUT2D eigenvalue weighted by atomic mass is 15.0. The molecular weight excluding hydrogens is 623 g/mol. The third kappa shape index (κ3) is 4.98. The fourth-order valence-corrected chi connectivity index (χ4v) is 7.40. The molecule has 3 aromatic heterocycles. The molecule has 0 bridgehead atoms. The van der Waals surface area contributed by atoms with Crippen molar-refractivity contribution in [1.82, 2.24) is 24.1 Å². The van der Waals surface area contributed by atoms with Gasteiger partial charge in [-0.2, -0.15) is 0 Å². The third-order valence-electron chi connectivity index (χ3n) is 9.75. The van der Waals surface area contributed by atoms with Crippen LogP contribution < -0.4 is 0 Å². The molecule has 0 aliphatic rings. The summed E-state index contributed by atoms with van der Waals surface area (Å²) in [6.07, 6.45) is 2.17. The maximum absolute atomic E-state index is 5.01. The predicted molar refractivity (Wildman–Crippen MR) is 210 cm³/mol. The molecule has 240 valence electrons. The highest BCUT2D eigenvalue weighted by molar-refractivity contribution is 6.15. The number of nitrogens with zero attached hydrogens (tertiary/aromatic N) is 5. The van der Waals surface area contributed by atoms with Crippen LogP contribution in [0.2, 0.25) is 0 Å². The first-order valence-corrected chi connectivity index (χ1v) is 17.2. The number of fused-ring (bicyclic) bond motifs is 5. The van der Waals surface area contributed by atoms with Gasteiger partial charge in [0.2, 0.25) is 0 Å². The Bertz CT molecular complexity index is 2850. The SMILES string of the molecule is Cc1cc(-c2nc(-c3ccccc3)nc(-c3ccccc3)n2)cc(-n2ccc3cc4cc5c(cc4cc32)c2ccccc2n5-c2ccccc2)c1. The van der Waals surface area contributed by atoms with Crippen LogP contribution in [0.15, 0.2) is 170 Å². The van der Waals surface area contributed by atoms with Gasteiger partial charge >= 0.3 is 0 Å². The molecule has 0 aliphatic carbocycles. The fraction of sp³-hybridized carbons (Fsp3) is 0.0217. The van der Waals surface area contributed by atoms with E-state index in [9.17, 15) is 0 Å². The van der Waals surface area contributed by atoms with E-state index < -0.39 is 0 Å². The summed E-state index contributed by atoms with van der Waals surface area (Å²) < 4.78 is 4.65. The van der Waals surface area contributed by atoms with Crippen LogP contribution in [0, 0.1) is 6.92 Å². The number of hydrogen-bond acceptors (Lipinski definition) is 3. The molecule has 0 amide bonds. The number of rotatable bonds is 5. The van der Waals surface area contributed by atoms with E-state index in [4.69, 9.17) is 15.0 Å². The summed E-state index contributed by atoms with van der Waals surface area (Å²) in [7, 11) is 0. The van der Waals surface area contributed by atoms with Crippen LogP contribution >= 0.6 is 0 Å². The van der Waals surface area contributed by atoms with Gasteiger partial charge in [-0.3, -0.25) is 0 Å². The average Bonchev–Trinajstić information content (AvgIpc) is 3.75. The van der Waals surface area contributed by atoms with Crippen molar-refractivity contribution >= 4 is 43.5 Å². The van der Waals surface area contributed by atoms with Crippen molar-refractivity contribution in [2.75, 3.05) is 0 Å². The molecule has 10 rings (SSSR count). The number of para-hydroxylation sites is 2. The van der Waals surface area contributed by atoms with Crippen LogP contribution in [0.5, 0.6) is 0 Å². The van der Waals surface area contributed by atoms with E-state index >= 15 is 0 Å². The highest BCUT2D eigenvalue weighted by Gasteiger charge is 2.16. The van der Waals surface area contributed by atoms with E-state index in [1.54, 1.807) is 0 Å². The van der Waals surface area contributed by atoms with Crippen molar-refractivity contribution in [3.8, 4) is 45.5 Å². The van der Waals surface area contributed by atoms with Crippen molar-refractivity contribution in [1.29, 1.82) is 0 Å². The molecule has 0 atom stereocenters. The van der Waals surface area contributed by atoms with Crippen LogP contribution in [-0.2, 0) is 0 Å². The first-order valence-electron chi connectivity index (χ1n) is 17.2. The van der Waals surface area contributed by atoms with Crippen molar-refractivity contribution in [2.45, 2.75) is 6.92 Å². The molecule has 5 nitrogen and oxygen atoms in total. The normalized spacial score (nSPS) is 11.6. The minimum Gasteiger partial charge on any atom is -0.317 e. The summed E-state index contributed by atoms with van der Waals surface area (Å²) in [5, 5.41) is 6.10. The van der Waals surface area contributed by atoms with Crippen molar-refractivity contribution in [3.63, 3.8) is 0 Å². The Hall–Kier alpha value is -6.85. The lowest BCUT2D eigenvalue weighted by Crippen LogP contribution is -2.01. The summed E-state index contributed by atoms with van der Waals surface area (Å²) in [4.78, 5) is 14.9. The van der Waals surface area contributed by atoms with Crippen molar-refractivity contribution in [2.24, 2.45) is 0 Å². The standard InChI is InChI=1S/C46H31N5/c1-30-23-36(46-48-44(31-13-5-2-6-14-31)47-45(49-46)32-15-7-3-8-16-32)26-38(24-30)50-22-21-33-25-34-29-43-40(27-35(34)28-42(33)50)39-19-11-12-20-41(39)51(43)37-17-9-4-10-18-37/h2-29H,1H3. The van der Waals surface area contributed by atoms with Gasteiger partial charge < -0.3 is 9.13 Å². The maximum atomic E-state index is 5.01. The van der Waals surface area contributed by atoms with Gasteiger partial charge in [0, 0.05) is 50.4 Å². The van der Waals surface area contributed by atoms with E-state index in [1.807, 2.05) is 60.7 Å². The third-order valence-corrected chi connectivity index (χ3v) is 9.75. The van der Waals surface area contributed by atoms with Gasteiger partial charge in [0.15, 0.2) is 17.5 Å². The van der Waals surface area contributed by atoms with Crippen LogP contribution in [0.4, 0.5) is 0 Å². The Morgan fingerprint density at radius 3 is 1.69 bits per heavy atom. The van der Waals surface area contributed by atoms with Crippen molar-refractivity contribution < 1.29 is 0 Å². The second kappa shape index (κ2) is 11.6. The molecule has 0 fully saturated rings. The Balaban J connectivity index is 1.13. The van der Waals surface area contributed by atoms with Gasteiger partial charge in [0.25, 0.3) is 0 Å². The van der Waals surface area contributed by atoms with Crippen LogP contribution in [0.3, 0.4) is 0 Å². The van der Waals surface area contributed by atoms with Crippen molar-refractivity contribution in [3.05, 3.63) is 176 Å². The molecule has 5 heteroatoms. The second-order valence-electron chi connectivity index (χ2n) is 13.1. The topological polar surface area (TPSA) is 48.5 Å². The molecule has 3 heterocycles. The molecule has 0 spiro atoms. The zero-order chi connectivity index (χ0) is 33.9. The molecule has 10 aromatic rings. The molecule has 0 aliphatic heterocycles. The molecule has 0 saturated heterocycles. The molecule has 7 aromatic carbocycles. The Kier molecular flexibility index (Phi) is 6.64. The molecule has 51 heavy (non-hydrogen) atoms. The fourth-order valence-electron chi connectivity index (χ4n) is 7.40. The lowest BCUT2D eigenvalue weighted by Gasteiger charge is -2.12. The van der Waals surface area contributed by atoms with Gasteiger partial charge in [-0.1, -0.05) is 97.1 Å². The van der Waals surface area contributed by atoms with Crippen LogP contribution in [0.25, 0.3) is 89.0 Å². The van der Waals surface area contributed by atoms with Gasteiger partial charge in [0.05, 0.1) is 16.6 Å². The molecule has 0 saturated carbocycles. The quantitative estimate of drug-likeness (QED) is 0.186. The minimum atomic E-state index is 0.645. The van der Waals surface area contributed by atoms with Gasteiger partial charge in [0.1, 0.15) is 0 Å². The first-order chi connectivity index (χ1) is 25.2. The van der Waals surface area contributed by atoms with E-state index in [1.165, 1.54) is 38.0 Å². The number of hydrogen-bond donors (Lipinski definition) is 0. The molecule has 0 unspecified atom stereocenters. The smallest absolute Gasteiger partial charge is 0.164 e. The number of aryl methyl sites for hydroxylation is 1. The van der Waals surface area contributed by atoms with Crippen LogP contribution in [0.1, 0.15) is 5.56 Å². The summed E-state index contributed by atoms with van der Waals surface area (Å²) in [6.45, 7) is 2.13. The first kappa shape index (κ1) is 29.1. The van der Waals surface area contributed by atoms with E-state index in [2.05, 4.69) is 125 Å². The van der Waals surface area contributed by atoms with Crippen LogP contribution in [-0.4, -0.2) is 24.1 Å². The van der Waals surface area contributed by atoms with E-state index in [0.29, 0.717) is 17.5 Å². The van der Waals surface area contributed by atoms with E-state index in [0.717, 1.165) is 39.1 Å². The van der Waals surface area contributed by atoms with Gasteiger partial charge in [-0.25, -0.2) is 15.0 Å². The lowest BCUT2D eigenvalue weighted by molar-refractivity contribution is 1.07. The summed E-state index contributed by atoms with van der Waals surface area (Å²) in [5.41, 5.74) is 9.77. The zero-order valence-corrected chi connectivity index (χ0v) is 27.9. The van der Waals surface area contributed by atoms with E-state index in [-0.39, 0.29) is 0 Å². The zero-order valence-electron chi connectivity index (χ0n) is 27.9.